The first kappa shape index (κ1) is 17.3. The van der Waals surface area contributed by atoms with Crippen molar-refractivity contribution in [2.24, 2.45) is 0 Å². The minimum Gasteiger partial charge on any atom is -0.355 e. The number of nitrogens with zero attached hydrogens (tertiary/aromatic N) is 1. The molecule has 1 unspecified atom stereocenters. The smallest absolute Gasteiger partial charge is 0.251 e. The van der Waals surface area contributed by atoms with Crippen molar-refractivity contribution in [3.8, 4) is 0 Å². The molecule has 0 aromatic heterocycles. The molecule has 0 radical (unpaired) electrons. The Labute approximate surface area is 136 Å². The third-order valence-corrected chi connectivity index (χ3v) is 4.91. The fraction of sp³-hybridized carbons (Fsp3) is 0.467. The van der Waals surface area contributed by atoms with Crippen LogP contribution in [-0.2, 0) is 21.2 Å². The van der Waals surface area contributed by atoms with Gasteiger partial charge in [-0.25, -0.2) is 8.42 Å². The molecule has 1 aliphatic heterocycles. The number of amides is 2. The highest BCUT2D eigenvalue weighted by atomic mass is 32.2. The quantitative estimate of drug-likeness (QED) is 0.804. The van der Waals surface area contributed by atoms with Crippen molar-refractivity contribution in [1.82, 2.24) is 10.6 Å². The van der Waals surface area contributed by atoms with Gasteiger partial charge in [-0.2, -0.15) is 0 Å². The topological polar surface area (TPSA) is 95.6 Å². The summed E-state index contributed by atoms with van der Waals surface area (Å²) >= 11 is 0. The van der Waals surface area contributed by atoms with Crippen molar-refractivity contribution in [2.75, 3.05) is 23.7 Å². The number of rotatable bonds is 5. The van der Waals surface area contributed by atoms with Gasteiger partial charge in [0.25, 0.3) is 5.91 Å². The lowest BCUT2D eigenvalue weighted by molar-refractivity contribution is -0.120. The number of hydrogen-bond acceptors (Lipinski definition) is 4. The largest absolute Gasteiger partial charge is 0.355 e. The second-order valence-electron chi connectivity index (χ2n) is 5.59. The molecule has 0 fully saturated rings. The van der Waals surface area contributed by atoms with Gasteiger partial charge in [-0.05, 0) is 44.0 Å². The maximum absolute atomic E-state index is 12.1. The lowest BCUT2D eigenvalue weighted by Gasteiger charge is -2.21. The van der Waals surface area contributed by atoms with Crippen LogP contribution in [0, 0.1) is 0 Å². The fourth-order valence-electron chi connectivity index (χ4n) is 2.77. The minimum atomic E-state index is -3.35. The zero-order chi connectivity index (χ0) is 17.2. The summed E-state index contributed by atoms with van der Waals surface area (Å²) in [6.07, 6.45) is 1.73. The second kappa shape index (κ2) is 6.57. The van der Waals surface area contributed by atoms with Gasteiger partial charge in [0.2, 0.25) is 15.9 Å². The maximum atomic E-state index is 12.1. The summed E-state index contributed by atoms with van der Waals surface area (Å²) in [5.41, 5.74) is 1.84. The van der Waals surface area contributed by atoms with Crippen molar-refractivity contribution in [1.29, 1.82) is 0 Å². The summed E-state index contributed by atoms with van der Waals surface area (Å²) in [6.45, 7) is 4.05. The highest BCUT2D eigenvalue weighted by Gasteiger charge is 2.32. The highest BCUT2D eigenvalue weighted by molar-refractivity contribution is 7.92. The summed E-state index contributed by atoms with van der Waals surface area (Å²) in [7, 11) is -3.35. The van der Waals surface area contributed by atoms with Crippen molar-refractivity contribution < 1.29 is 18.0 Å². The first-order valence-electron chi connectivity index (χ1n) is 7.41. The van der Waals surface area contributed by atoms with Crippen LogP contribution in [0.3, 0.4) is 0 Å². The molecule has 23 heavy (non-hydrogen) atoms. The summed E-state index contributed by atoms with van der Waals surface area (Å²) in [6, 6.07) is 4.72. The van der Waals surface area contributed by atoms with Crippen LogP contribution in [0.4, 0.5) is 5.69 Å². The average molecular weight is 339 g/mol. The highest BCUT2D eigenvalue weighted by Crippen LogP contribution is 2.34. The molecule has 0 spiro atoms. The summed E-state index contributed by atoms with van der Waals surface area (Å²) < 4.78 is 25.1. The van der Waals surface area contributed by atoms with Crippen LogP contribution < -0.4 is 14.9 Å². The predicted molar refractivity (Wildman–Crippen MR) is 87.9 cm³/mol. The standard InChI is InChI=1S/C15H21N3O4S/c1-4-16-14(19)9-17-15(20)11-5-6-13-12(8-11)7-10(2)18(13)23(3,21)22/h5-6,8,10H,4,7,9H2,1-3H3,(H,16,19)(H,17,20). The van der Waals surface area contributed by atoms with Gasteiger partial charge in [-0.1, -0.05) is 0 Å². The van der Waals surface area contributed by atoms with Crippen molar-refractivity contribution in [3.63, 3.8) is 0 Å². The number of hydrogen-bond donors (Lipinski definition) is 2. The molecule has 2 rings (SSSR count). The van der Waals surface area contributed by atoms with E-state index >= 15 is 0 Å². The van der Waals surface area contributed by atoms with Gasteiger partial charge in [-0.15, -0.1) is 0 Å². The van der Waals surface area contributed by atoms with E-state index in [0.29, 0.717) is 24.2 Å². The van der Waals surface area contributed by atoms with Crippen LogP contribution in [0.1, 0.15) is 29.8 Å². The van der Waals surface area contributed by atoms with E-state index in [-0.39, 0.29) is 24.4 Å². The van der Waals surface area contributed by atoms with E-state index in [1.807, 2.05) is 6.92 Å². The second-order valence-corrected chi connectivity index (χ2v) is 7.45. The van der Waals surface area contributed by atoms with Crippen LogP contribution in [-0.4, -0.2) is 45.6 Å². The zero-order valence-electron chi connectivity index (χ0n) is 13.4. The van der Waals surface area contributed by atoms with Crippen molar-refractivity contribution >= 4 is 27.5 Å². The van der Waals surface area contributed by atoms with Crippen LogP contribution in [0.2, 0.25) is 0 Å². The van der Waals surface area contributed by atoms with Gasteiger partial charge < -0.3 is 10.6 Å². The van der Waals surface area contributed by atoms with Gasteiger partial charge in [0.05, 0.1) is 18.5 Å². The fourth-order valence-corrected chi connectivity index (χ4v) is 4.04. The van der Waals surface area contributed by atoms with E-state index in [0.717, 1.165) is 5.56 Å². The first-order valence-corrected chi connectivity index (χ1v) is 9.26. The Balaban J connectivity index is 2.15. The number of carbonyl (C=O) groups excluding carboxylic acids is 2. The first-order chi connectivity index (χ1) is 10.7. The van der Waals surface area contributed by atoms with Crippen LogP contribution in [0.15, 0.2) is 18.2 Å². The van der Waals surface area contributed by atoms with Crippen LogP contribution in [0.25, 0.3) is 0 Å². The lowest BCUT2D eigenvalue weighted by atomic mass is 10.1. The monoisotopic (exact) mass is 339 g/mol. The van der Waals surface area contributed by atoms with Crippen LogP contribution in [0.5, 0.6) is 0 Å². The maximum Gasteiger partial charge on any atom is 0.251 e. The third-order valence-electron chi connectivity index (χ3n) is 3.64. The summed E-state index contributed by atoms with van der Waals surface area (Å²) in [4.78, 5) is 23.5. The number of likely N-dealkylation sites (N-methyl/N-ethyl adjacent to an activating group) is 1. The van der Waals surface area contributed by atoms with Gasteiger partial charge in [0, 0.05) is 18.2 Å². The SMILES string of the molecule is CCNC(=O)CNC(=O)c1ccc2c(c1)CC(C)N2S(C)(=O)=O. The number of sulfonamides is 1. The molecular formula is C15H21N3O4S. The Morgan fingerprint density at radius 3 is 2.61 bits per heavy atom. The molecular weight excluding hydrogens is 318 g/mol. The number of nitrogens with one attached hydrogen (secondary N) is 2. The molecule has 8 heteroatoms. The van der Waals surface area contributed by atoms with Crippen molar-refractivity contribution in [3.05, 3.63) is 29.3 Å². The van der Waals surface area contributed by atoms with Gasteiger partial charge in [0.1, 0.15) is 0 Å². The van der Waals surface area contributed by atoms with E-state index in [1.54, 1.807) is 25.1 Å². The van der Waals surface area contributed by atoms with Gasteiger partial charge in [-0.3, -0.25) is 13.9 Å². The van der Waals surface area contributed by atoms with E-state index < -0.39 is 10.0 Å². The van der Waals surface area contributed by atoms with Crippen LogP contribution >= 0.6 is 0 Å². The van der Waals surface area contributed by atoms with E-state index in [9.17, 15) is 18.0 Å². The normalized spacial score (nSPS) is 16.8. The Morgan fingerprint density at radius 1 is 1.30 bits per heavy atom. The molecule has 1 aliphatic rings. The van der Waals surface area contributed by atoms with Gasteiger partial charge in [0.15, 0.2) is 0 Å². The summed E-state index contributed by atoms with van der Waals surface area (Å²) in [5.74, 6) is -0.608. The van der Waals surface area contributed by atoms with E-state index in [4.69, 9.17) is 0 Å². The molecule has 0 saturated heterocycles. The Kier molecular flexibility index (Phi) is 4.93. The molecule has 1 heterocycles. The predicted octanol–water partition coefficient (Wildman–Crippen LogP) is 0.263. The number of benzene rings is 1. The Bertz CT molecular complexity index is 730. The molecule has 0 bridgehead atoms. The molecule has 0 saturated carbocycles. The molecule has 1 aromatic rings. The molecule has 7 nitrogen and oxygen atoms in total. The molecule has 1 atom stereocenters. The summed E-state index contributed by atoms with van der Waals surface area (Å²) in [5, 5.41) is 5.14. The number of carbonyl (C=O) groups is 2. The molecule has 0 aliphatic carbocycles. The number of fused-ring (bicyclic) bond motifs is 1. The van der Waals surface area contributed by atoms with Gasteiger partial charge >= 0.3 is 0 Å². The Hall–Kier alpha value is -2.09. The molecule has 2 amide bonds. The molecule has 2 N–H and O–H groups in total. The average Bonchev–Trinajstić information content (AvgIpc) is 2.79. The van der Waals surface area contributed by atoms with E-state index in [2.05, 4.69) is 10.6 Å². The Morgan fingerprint density at radius 2 is 2.00 bits per heavy atom. The third kappa shape index (κ3) is 3.82. The molecule has 126 valence electrons. The minimum absolute atomic E-state index is 0.0877. The van der Waals surface area contributed by atoms with E-state index in [1.165, 1.54) is 10.6 Å². The zero-order valence-corrected chi connectivity index (χ0v) is 14.2. The molecule has 1 aromatic carbocycles. The van der Waals surface area contributed by atoms with Crippen molar-refractivity contribution in [2.45, 2.75) is 26.3 Å². The number of anilines is 1. The lowest BCUT2D eigenvalue weighted by Crippen LogP contribution is -2.36.